The molecule has 1 aliphatic rings. The summed E-state index contributed by atoms with van der Waals surface area (Å²) in [5, 5.41) is 0. The van der Waals surface area contributed by atoms with E-state index in [0.717, 1.165) is 5.75 Å². The van der Waals surface area contributed by atoms with Gasteiger partial charge in [-0.2, -0.15) is 0 Å². The summed E-state index contributed by atoms with van der Waals surface area (Å²) in [5.74, 6) is 0.944. The van der Waals surface area contributed by atoms with E-state index in [1.165, 1.54) is 37.9 Å². The van der Waals surface area contributed by atoms with Crippen LogP contribution in [0, 0.1) is 0 Å². The highest BCUT2D eigenvalue weighted by Gasteiger charge is 2.21. The first-order chi connectivity index (χ1) is 7.85. The normalized spacial score (nSPS) is 18.6. The molecule has 0 spiro atoms. The topological polar surface area (TPSA) is 12.5 Å². The van der Waals surface area contributed by atoms with Crippen LogP contribution >= 0.6 is 0 Å². The van der Waals surface area contributed by atoms with Crippen LogP contribution in [0.3, 0.4) is 0 Å². The second-order valence-corrected chi connectivity index (χ2v) is 4.44. The van der Waals surface area contributed by atoms with E-state index in [-0.39, 0.29) is 0 Å². The maximum absolute atomic E-state index is 5.19. The van der Waals surface area contributed by atoms with E-state index in [0.29, 0.717) is 6.04 Å². The van der Waals surface area contributed by atoms with Crippen molar-refractivity contribution in [2.24, 2.45) is 0 Å². The SMILES string of the molecule is CCC(c1ccc(OC)cc1)N1CCCC1. The van der Waals surface area contributed by atoms with Gasteiger partial charge in [-0.15, -0.1) is 0 Å². The Kier molecular flexibility index (Phi) is 3.83. The van der Waals surface area contributed by atoms with E-state index >= 15 is 0 Å². The van der Waals surface area contributed by atoms with Crippen LogP contribution in [0.2, 0.25) is 0 Å². The Labute approximate surface area is 98.2 Å². The Balaban J connectivity index is 2.12. The molecule has 1 heterocycles. The predicted molar refractivity (Wildman–Crippen MR) is 66.8 cm³/mol. The molecule has 2 rings (SSSR count). The van der Waals surface area contributed by atoms with Gasteiger partial charge in [0.1, 0.15) is 5.75 Å². The average Bonchev–Trinajstić information content (AvgIpc) is 2.85. The van der Waals surface area contributed by atoms with Gasteiger partial charge in [0.2, 0.25) is 0 Å². The smallest absolute Gasteiger partial charge is 0.118 e. The first-order valence-corrected chi connectivity index (χ1v) is 6.23. The highest BCUT2D eigenvalue weighted by Crippen LogP contribution is 2.28. The van der Waals surface area contributed by atoms with Crippen molar-refractivity contribution in [3.05, 3.63) is 29.8 Å². The van der Waals surface area contributed by atoms with Gasteiger partial charge in [0.15, 0.2) is 0 Å². The summed E-state index contributed by atoms with van der Waals surface area (Å²) in [4.78, 5) is 2.60. The summed E-state index contributed by atoms with van der Waals surface area (Å²) in [6, 6.07) is 9.12. The molecule has 0 amide bonds. The molecule has 1 aromatic carbocycles. The lowest BCUT2D eigenvalue weighted by Crippen LogP contribution is -2.24. The molecule has 88 valence electrons. The third-order valence-electron chi connectivity index (χ3n) is 3.47. The van der Waals surface area contributed by atoms with Crippen molar-refractivity contribution in [3.63, 3.8) is 0 Å². The number of nitrogens with zero attached hydrogens (tertiary/aromatic N) is 1. The Hall–Kier alpha value is -1.02. The lowest BCUT2D eigenvalue weighted by atomic mass is 10.0. The van der Waals surface area contributed by atoms with Crippen molar-refractivity contribution in [2.45, 2.75) is 32.2 Å². The van der Waals surface area contributed by atoms with Crippen molar-refractivity contribution in [1.29, 1.82) is 0 Å². The molecule has 2 heteroatoms. The Bertz CT molecular complexity index is 314. The fourth-order valence-corrected chi connectivity index (χ4v) is 2.58. The number of rotatable bonds is 4. The van der Waals surface area contributed by atoms with Crippen LogP contribution in [0.5, 0.6) is 5.75 Å². The molecule has 1 aliphatic heterocycles. The third kappa shape index (κ3) is 2.38. The van der Waals surface area contributed by atoms with Crippen LogP contribution < -0.4 is 4.74 Å². The summed E-state index contributed by atoms with van der Waals surface area (Å²) in [6.45, 7) is 4.78. The van der Waals surface area contributed by atoms with E-state index < -0.39 is 0 Å². The molecule has 0 aromatic heterocycles. The lowest BCUT2D eigenvalue weighted by molar-refractivity contribution is 0.239. The van der Waals surface area contributed by atoms with Gasteiger partial charge < -0.3 is 4.74 Å². The van der Waals surface area contributed by atoms with Crippen molar-refractivity contribution in [2.75, 3.05) is 20.2 Å². The van der Waals surface area contributed by atoms with Crippen molar-refractivity contribution in [3.8, 4) is 5.75 Å². The van der Waals surface area contributed by atoms with Gasteiger partial charge in [0.25, 0.3) is 0 Å². The van der Waals surface area contributed by atoms with Gasteiger partial charge in [0.05, 0.1) is 7.11 Å². The van der Waals surface area contributed by atoms with Gasteiger partial charge in [-0.05, 0) is 50.0 Å². The van der Waals surface area contributed by atoms with Crippen molar-refractivity contribution < 1.29 is 4.74 Å². The number of hydrogen-bond donors (Lipinski definition) is 0. The van der Waals surface area contributed by atoms with Crippen LogP contribution in [0.25, 0.3) is 0 Å². The number of likely N-dealkylation sites (tertiary alicyclic amines) is 1. The van der Waals surface area contributed by atoms with Gasteiger partial charge in [-0.3, -0.25) is 4.90 Å². The van der Waals surface area contributed by atoms with Crippen molar-refractivity contribution >= 4 is 0 Å². The number of benzene rings is 1. The third-order valence-corrected chi connectivity index (χ3v) is 3.47. The molecule has 1 atom stereocenters. The zero-order valence-electron chi connectivity index (χ0n) is 10.3. The Morgan fingerprint density at radius 3 is 2.31 bits per heavy atom. The largest absolute Gasteiger partial charge is 0.497 e. The van der Waals surface area contributed by atoms with Crippen LogP contribution in [0.4, 0.5) is 0 Å². The summed E-state index contributed by atoms with van der Waals surface area (Å²) in [7, 11) is 1.72. The molecule has 0 aliphatic carbocycles. The highest BCUT2D eigenvalue weighted by molar-refractivity contribution is 5.29. The molecular formula is C14H21NO. The molecule has 2 nitrogen and oxygen atoms in total. The molecule has 0 bridgehead atoms. The van der Waals surface area contributed by atoms with E-state index in [9.17, 15) is 0 Å². The van der Waals surface area contributed by atoms with Crippen LogP contribution in [0.15, 0.2) is 24.3 Å². The summed E-state index contributed by atoms with van der Waals surface area (Å²) in [5.41, 5.74) is 1.42. The van der Waals surface area contributed by atoms with E-state index in [2.05, 4.69) is 36.1 Å². The minimum Gasteiger partial charge on any atom is -0.497 e. The number of hydrogen-bond acceptors (Lipinski definition) is 2. The monoisotopic (exact) mass is 219 g/mol. The molecule has 1 saturated heterocycles. The van der Waals surface area contributed by atoms with E-state index in [1.807, 2.05) is 0 Å². The van der Waals surface area contributed by atoms with Gasteiger partial charge in [0, 0.05) is 6.04 Å². The molecule has 16 heavy (non-hydrogen) atoms. The second-order valence-electron chi connectivity index (χ2n) is 4.44. The van der Waals surface area contributed by atoms with Crippen molar-refractivity contribution in [1.82, 2.24) is 4.90 Å². The highest BCUT2D eigenvalue weighted by atomic mass is 16.5. The molecule has 1 aromatic rings. The van der Waals surface area contributed by atoms with E-state index in [4.69, 9.17) is 4.74 Å². The minimum atomic E-state index is 0.591. The Morgan fingerprint density at radius 1 is 1.19 bits per heavy atom. The van der Waals surface area contributed by atoms with E-state index in [1.54, 1.807) is 7.11 Å². The van der Waals surface area contributed by atoms with Crippen LogP contribution in [-0.2, 0) is 0 Å². The number of ether oxygens (including phenoxy) is 1. The van der Waals surface area contributed by atoms with Gasteiger partial charge in [-0.1, -0.05) is 19.1 Å². The molecule has 1 unspecified atom stereocenters. The Morgan fingerprint density at radius 2 is 1.81 bits per heavy atom. The molecule has 1 fully saturated rings. The standard InChI is InChI=1S/C14H21NO/c1-3-14(15-10-4-5-11-15)12-6-8-13(16-2)9-7-12/h6-9,14H,3-5,10-11H2,1-2H3. The summed E-state index contributed by atoms with van der Waals surface area (Å²) >= 11 is 0. The van der Waals surface area contributed by atoms with Gasteiger partial charge in [-0.25, -0.2) is 0 Å². The quantitative estimate of drug-likeness (QED) is 0.770. The number of methoxy groups -OCH3 is 1. The summed E-state index contributed by atoms with van der Waals surface area (Å²) < 4.78 is 5.19. The molecular weight excluding hydrogens is 198 g/mol. The molecule has 0 radical (unpaired) electrons. The predicted octanol–water partition coefficient (Wildman–Crippen LogP) is 3.24. The summed E-state index contributed by atoms with van der Waals surface area (Å²) in [6.07, 6.45) is 3.89. The zero-order valence-corrected chi connectivity index (χ0v) is 10.3. The first-order valence-electron chi connectivity index (χ1n) is 6.23. The maximum atomic E-state index is 5.19. The fraction of sp³-hybridized carbons (Fsp3) is 0.571. The van der Waals surface area contributed by atoms with Crippen LogP contribution in [0.1, 0.15) is 37.8 Å². The second kappa shape index (κ2) is 5.35. The minimum absolute atomic E-state index is 0.591. The van der Waals surface area contributed by atoms with Crippen LogP contribution in [-0.4, -0.2) is 25.1 Å². The first kappa shape index (κ1) is 11.5. The fourth-order valence-electron chi connectivity index (χ4n) is 2.58. The zero-order chi connectivity index (χ0) is 11.4. The molecule has 0 saturated carbocycles. The lowest BCUT2D eigenvalue weighted by Gasteiger charge is -2.26. The molecule has 0 N–H and O–H groups in total. The maximum Gasteiger partial charge on any atom is 0.118 e. The average molecular weight is 219 g/mol. The van der Waals surface area contributed by atoms with Gasteiger partial charge >= 0.3 is 0 Å².